The molecule has 0 radical (unpaired) electrons. The number of hydrogen-bond donors (Lipinski definition) is 0. The first-order chi connectivity index (χ1) is 8.83. The molecule has 0 saturated carbocycles. The van der Waals surface area contributed by atoms with Crippen molar-refractivity contribution in [1.29, 1.82) is 0 Å². The quantitative estimate of drug-likeness (QED) is 0.222. The van der Waals surface area contributed by atoms with Crippen molar-refractivity contribution < 1.29 is 9.57 Å². The fourth-order valence-corrected chi connectivity index (χ4v) is 1.65. The molecule has 0 aliphatic heterocycles. The Morgan fingerprint density at radius 2 is 2.06 bits per heavy atom. The number of oxime groups is 1. The third-order valence-electron chi connectivity index (χ3n) is 2.66. The Balaban J connectivity index is 2.04. The fraction of sp³-hybridized carbons (Fsp3) is 0.571. The molecular weight excluding hydrogens is 228 g/mol. The van der Waals surface area contributed by atoms with E-state index in [1.807, 2.05) is 6.07 Å². The van der Waals surface area contributed by atoms with Crippen molar-refractivity contribution in [3.05, 3.63) is 35.3 Å². The highest BCUT2D eigenvalue weighted by molar-refractivity contribution is 5.77. The summed E-state index contributed by atoms with van der Waals surface area (Å²) in [7, 11) is 0. The summed E-state index contributed by atoms with van der Waals surface area (Å²) in [5.74, 6) is 0. The Morgan fingerprint density at radius 3 is 2.83 bits per heavy atom. The molecule has 0 aliphatic carbocycles. The van der Waals surface area contributed by atoms with Gasteiger partial charge in [0.05, 0.1) is 11.8 Å². The molecule has 0 amide bonds. The maximum atomic E-state index is 11.0. The zero-order valence-electron chi connectivity index (χ0n) is 11.0. The second kappa shape index (κ2) is 9.45. The van der Waals surface area contributed by atoms with E-state index in [1.54, 1.807) is 12.3 Å². The van der Waals surface area contributed by atoms with Crippen LogP contribution in [0.15, 0.2) is 29.7 Å². The van der Waals surface area contributed by atoms with Gasteiger partial charge in [-0.05, 0) is 18.9 Å². The summed E-state index contributed by atoms with van der Waals surface area (Å²) in [6, 6.07) is 3.49. The van der Waals surface area contributed by atoms with Crippen LogP contribution in [0, 0.1) is 5.21 Å². The molecule has 18 heavy (non-hydrogen) atoms. The molecule has 0 spiro atoms. The number of pyridine rings is 1. The van der Waals surface area contributed by atoms with Crippen LogP contribution in [0.1, 0.15) is 51.0 Å². The maximum absolute atomic E-state index is 11.0. The van der Waals surface area contributed by atoms with E-state index in [4.69, 9.17) is 4.84 Å². The van der Waals surface area contributed by atoms with E-state index in [9.17, 15) is 5.21 Å². The molecule has 0 saturated heterocycles. The summed E-state index contributed by atoms with van der Waals surface area (Å²) in [5, 5.41) is 14.8. The highest BCUT2D eigenvalue weighted by atomic mass is 16.6. The van der Waals surface area contributed by atoms with Gasteiger partial charge in [-0.3, -0.25) is 0 Å². The van der Waals surface area contributed by atoms with E-state index in [0.717, 1.165) is 16.7 Å². The molecule has 0 fully saturated rings. The molecule has 0 aromatic carbocycles. The number of rotatable bonds is 9. The molecule has 4 heteroatoms. The molecule has 4 nitrogen and oxygen atoms in total. The molecular formula is C14H22N2O2. The van der Waals surface area contributed by atoms with Crippen LogP contribution in [-0.4, -0.2) is 12.8 Å². The summed E-state index contributed by atoms with van der Waals surface area (Å²) in [4.78, 5) is 5.14. The van der Waals surface area contributed by atoms with E-state index in [1.165, 1.54) is 44.5 Å². The van der Waals surface area contributed by atoms with Gasteiger partial charge < -0.3 is 10.0 Å². The van der Waals surface area contributed by atoms with Crippen LogP contribution in [0.3, 0.4) is 0 Å². The van der Waals surface area contributed by atoms with Crippen LogP contribution in [0.4, 0.5) is 0 Å². The highest BCUT2D eigenvalue weighted by Crippen LogP contribution is 2.04. The van der Waals surface area contributed by atoms with Gasteiger partial charge in [-0.1, -0.05) is 37.8 Å². The standard InChI is InChI=1S/C14H22N2O2/c1-2-3-4-5-6-7-11-18-15-12-14-9-8-10-16(17)13-14/h8-10,12-13H,2-7,11H2,1H3/b15-12+. The maximum Gasteiger partial charge on any atom is 0.189 e. The Hall–Kier alpha value is -1.58. The second-order valence-electron chi connectivity index (χ2n) is 4.33. The summed E-state index contributed by atoms with van der Waals surface area (Å²) < 4.78 is 0.745. The lowest BCUT2D eigenvalue weighted by molar-refractivity contribution is -0.605. The summed E-state index contributed by atoms with van der Waals surface area (Å²) in [5.41, 5.74) is 0.746. The first kappa shape index (κ1) is 14.5. The lowest BCUT2D eigenvalue weighted by Gasteiger charge is -2.00. The summed E-state index contributed by atoms with van der Waals surface area (Å²) >= 11 is 0. The van der Waals surface area contributed by atoms with Gasteiger partial charge in [0, 0.05) is 6.07 Å². The zero-order chi connectivity index (χ0) is 13.1. The topological polar surface area (TPSA) is 48.5 Å². The molecule has 1 heterocycles. The molecule has 1 aromatic rings. The molecule has 1 rings (SSSR count). The fourth-order valence-electron chi connectivity index (χ4n) is 1.65. The third kappa shape index (κ3) is 6.89. The largest absolute Gasteiger partial charge is 0.619 e. The SMILES string of the molecule is CCCCCCCCO/N=C/c1ccc[n+]([O-])c1. The van der Waals surface area contributed by atoms with Crippen molar-refractivity contribution in [3.8, 4) is 0 Å². The normalized spacial score (nSPS) is 10.9. The van der Waals surface area contributed by atoms with E-state index in [0.29, 0.717) is 6.61 Å². The van der Waals surface area contributed by atoms with Gasteiger partial charge >= 0.3 is 0 Å². The highest BCUT2D eigenvalue weighted by Gasteiger charge is 1.93. The van der Waals surface area contributed by atoms with Gasteiger partial charge in [0.2, 0.25) is 0 Å². The molecule has 0 aliphatic rings. The lowest BCUT2D eigenvalue weighted by Crippen LogP contribution is -2.24. The first-order valence-electron chi connectivity index (χ1n) is 6.67. The lowest BCUT2D eigenvalue weighted by atomic mass is 10.1. The minimum atomic E-state index is 0.646. The summed E-state index contributed by atoms with van der Waals surface area (Å²) in [6.45, 7) is 2.86. The molecule has 100 valence electrons. The van der Waals surface area contributed by atoms with Gasteiger partial charge in [0.25, 0.3) is 0 Å². The first-order valence-corrected chi connectivity index (χ1v) is 6.67. The molecule has 0 bridgehead atoms. The van der Waals surface area contributed by atoms with Gasteiger partial charge in [0.15, 0.2) is 12.4 Å². The number of nitrogens with zero attached hydrogens (tertiary/aromatic N) is 2. The van der Waals surface area contributed by atoms with E-state index >= 15 is 0 Å². The van der Waals surface area contributed by atoms with Gasteiger partial charge in [-0.15, -0.1) is 0 Å². The van der Waals surface area contributed by atoms with Crippen LogP contribution in [0.5, 0.6) is 0 Å². The Kier molecular flexibility index (Phi) is 7.60. The van der Waals surface area contributed by atoms with Gasteiger partial charge in [-0.25, -0.2) is 0 Å². The van der Waals surface area contributed by atoms with Gasteiger partial charge in [-0.2, -0.15) is 4.73 Å². The number of aromatic nitrogens is 1. The third-order valence-corrected chi connectivity index (χ3v) is 2.66. The van der Waals surface area contributed by atoms with Crippen LogP contribution in [0.25, 0.3) is 0 Å². The molecule has 0 unspecified atom stereocenters. The van der Waals surface area contributed by atoms with Crippen molar-refractivity contribution in [2.24, 2.45) is 5.16 Å². The predicted molar refractivity (Wildman–Crippen MR) is 72.3 cm³/mol. The van der Waals surface area contributed by atoms with Crippen LogP contribution < -0.4 is 4.73 Å². The number of unbranched alkanes of at least 4 members (excludes halogenated alkanes) is 5. The number of hydrogen-bond acceptors (Lipinski definition) is 3. The monoisotopic (exact) mass is 250 g/mol. The Morgan fingerprint density at radius 1 is 1.28 bits per heavy atom. The van der Waals surface area contributed by atoms with Crippen molar-refractivity contribution in [3.63, 3.8) is 0 Å². The van der Waals surface area contributed by atoms with E-state index < -0.39 is 0 Å². The second-order valence-corrected chi connectivity index (χ2v) is 4.33. The minimum absolute atomic E-state index is 0.646. The van der Waals surface area contributed by atoms with Crippen LogP contribution in [-0.2, 0) is 4.84 Å². The van der Waals surface area contributed by atoms with Crippen molar-refractivity contribution in [1.82, 2.24) is 0 Å². The van der Waals surface area contributed by atoms with Crippen molar-refractivity contribution in [2.75, 3.05) is 6.61 Å². The van der Waals surface area contributed by atoms with E-state index in [-0.39, 0.29) is 0 Å². The molecule has 0 N–H and O–H groups in total. The molecule has 0 atom stereocenters. The average Bonchev–Trinajstić information content (AvgIpc) is 2.37. The van der Waals surface area contributed by atoms with Crippen molar-refractivity contribution >= 4 is 6.21 Å². The minimum Gasteiger partial charge on any atom is -0.619 e. The van der Waals surface area contributed by atoms with Gasteiger partial charge in [0.1, 0.15) is 6.61 Å². The van der Waals surface area contributed by atoms with Crippen molar-refractivity contribution in [2.45, 2.75) is 45.4 Å². The Labute approximate surface area is 109 Å². The Bertz CT molecular complexity index is 353. The van der Waals surface area contributed by atoms with Crippen LogP contribution >= 0.6 is 0 Å². The van der Waals surface area contributed by atoms with E-state index in [2.05, 4.69) is 12.1 Å². The summed E-state index contributed by atoms with van der Waals surface area (Å²) in [6.07, 6.45) is 11.9. The molecule has 1 aromatic heterocycles. The predicted octanol–water partition coefficient (Wildman–Crippen LogP) is 3.03. The smallest absolute Gasteiger partial charge is 0.189 e. The average molecular weight is 250 g/mol. The van der Waals surface area contributed by atoms with Crippen LogP contribution in [0.2, 0.25) is 0 Å². The zero-order valence-corrected chi connectivity index (χ0v) is 11.0.